The molecule has 0 saturated heterocycles. The van der Waals surface area contributed by atoms with Crippen molar-refractivity contribution in [3.8, 4) is 5.75 Å². The normalized spacial score (nSPS) is 16.4. The molecule has 0 radical (unpaired) electrons. The largest absolute Gasteiger partial charge is 0.478 e. The van der Waals surface area contributed by atoms with Gasteiger partial charge >= 0.3 is 0 Å². The van der Waals surface area contributed by atoms with Gasteiger partial charge in [0.25, 0.3) is 5.91 Å². The lowest BCUT2D eigenvalue weighted by molar-refractivity contribution is -0.128. The van der Waals surface area contributed by atoms with Gasteiger partial charge in [-0.05, 0) is 49.4 Å². The first-order valence-corrected chi connectivity index (χ1v) is 9.14. The zero-order valence-electron chi connectivity index (χ0n) is 15.6. The Bertz CT molecular complexity index is 798. The van der Waals surface area contributed by atoms with Crippen LogP contribution in [0, 0.1) is 5.92 Å². The first kappa shape index (κ1) is 18.2. The molecule has 0 saturated carbocycles. The molecule has 1 unspecified atom stereocenters. The minimum absolute atomic E-state index is 0.0181. The zero-order valence-corrected chi connectivity index (χ0v) is 15.6. The van der Waals surface area contributed by atoms with Crippen molar-refractivity contribution in [3.05, 3.63) is 59.7 Å². The maximum Gasteiger partial charge on any atom is 0.268 e. The van der Waals surface area contributed by atoms with Crippen molar-refractivity contribution >= 4 is 17.4 Å². The molecule has 4 heteroatoms. The maximum atomic E-state index is 13.0. The van der Waals surface area contributed by atoms with Crippen molar-refractivity contribution in [2.45, 2.75) is 39.7 Å². The Balaban J connectivity index is 1.84. The molecule has 0 N–H and O–H groups in total. The van der Waals surface area contributed by atoms with Gasteiger partial charge in [-0.3, -0.25) is 9.59 Å². The van der Waals surface area contributed by atoms with E-state index in [1.165, 1.54) is 12.5 Å². The van der Waals surface area contributed by atoms with Gasteiger partial charge in [-0.1, -0.05) is 44.2 Å². The number of Topliss-reactive ketones (excluding diaryl/α,β-unsaturated/α-hetero) is 1. The van der Waals surface area contributed by atoms with Gasteiger partial charge in [0.2, 0.25) is 0 Å². The molecule has 0 spiro atoms. The number of carbonyl (C=O) groups is 2. The third-order valence-electron chi connectivity index (χ3n) is 4.72. The summed E-state index contributed by atoms with van der Waals surface area (Å²) in [4.78, 5) is 26.5. The van der Waals surface area contributed by atoms with E-state index >= 15 is 0 Å². The van der Waals surface area contributed by atoms with Crippen LogP contribution in [0.4, 0.5) is 5.69 Å². The topological polar surface area (TPSA) is 46.6 Å². The van der Waals surface area contributed by atoms with E-state index in [1.54, 1.807) is 23.1 Å². The second-order valence-electron chi connectivity index (χ2n) is 7.10. The summed E-state index contributed by atoms with van der Waals surface area (Å²) < 4.78 is 5.93. The molecule has 1 aliphatic heterocycles. The average molecular weight is 351 g/mol. The number of benzene rings is 2. The molecule has 0 aromatic heterocycles. The SMILES string of the molecule is CC(=O)c1ccc2c(c1)N(CCCc1ccccc1)C(=O)C(C(C)C)O2. The summed E-state index contributed by atoms with van der Waals surface area (Å²) in [5.41, 5.74) is 2.55. The average Bonchev–Trinajstić information content (AvgIpc) is 2.63. The third-order valence-corrected chi connectivity index (χ3v) is 4.72. The molecule has 0 fully saturated rings. The lowest BCUT2D eigenvalue weighted by Crippen LogP contribution is -2.48. The van der Waals surface area contributed by atoms with Crippen molar-refractivity contribution in [1.82, 2.24) is 0 Å². The Labute approximate surface area is 154 Å². The van der Waals surface area contributed by atoms with Crippen molar-refractivity contribution in [2.75, 3.05) is 11.4 Å². The Morgan fingerprint density at radius 3 is 2.54 bits per heavy atom. The standard InChI is InChI=1S/C22H25NO3/c1-15(2)21-22(25)23(13-7-10-17-8-5-4-6-9-17)19-14-18(16(3)24)11-12-20(19)26-21/h4-6,8-9,11-12,14-15,21H,7,10,13H2,1-3H3. The molecule has 0 bridgehead atoms. The first-order valence-electron chi connectivity index (χ1n) is 9.14. The van der Waals surface area contributed by atoms with Gasteiger partial charge in [-0.15, -0.1) is 0 Å². The molecule has 1 atom stereocenters. The minimum atomic E-state index is -0.484. The van der Waals surface area contributed by atoms with Gasteiger partial charge in [0.05, 0.1) is 5.69 Å². The highest BCUT2D eigenvalue weighted by molar-refractivity contribution is 6.02. The van der Waals surface area contributed by atoms with Gasteiger partial charge < -0.3 is 9.64 Å². The number of anilines is 1. The van der Waals surface area contributed by atoms with Crippen LogP contribution in [-0.4, -0.2) is 24.3 Å². The van der Waals surface area contributed by atoms with Crippen molar-refractivity contribution < 1.29 is 14.3 Å². The molecule has 0 aliphatic carbocycles. The molecule has 1 amide bonds. The highest BCUT2D eigenvalue weighted by atomic mass is 16.5. The molecular formula is C22H25NO3. The Kier molecular flexibility index (Phi) is 5.40. The van der Waals surface area contributed by atoms with Crippen LogP contribution in [0.1, 0.15) is 43.1 Å². The number of carbonyl (C=O) groups excluding carboxylic acids is 2. The number of hydrogen-bond donors (Lipinski definition) is 0. The molecule has 1 aliphatic rings. The summed E-state index contributed by atoms with van der Waals surface area (Å²) in [6, 6.07) is 15.6. The van der Waals surface area contributed by atoms with Gasteiger partial charge in [0.15, 0.2) is 11.9 Å². The number of aryl methyl sites for hydroxylation is 1. The monoisotopic (exact) mass is 351 g/mol. The molecule has 136 valence electrons. The molecule has 4 nitrogen and oxygen atoms in total. The second-order valence-corrected chi connectivity index (χ2v) is 7.10. The Morgan fingerprint density at radius 2 is 1.88 bits per heavy atom. The van der Waals surface area contributed by atoms with Gasteiger partial charge in [-0.2, -0.15) is 0 Å². The summed E-state index contributed by atoms with van der Waals surface area (Å²) in [6.45, 7) is 6.11. The number of nitrogens with zero attached hydrogens (tertiary/aromatic N) is 1. The summed E-state index contributed by atoms with van der Waals surface area (Å²) in [5.74, 6) is 0.712. The lowest BCUT2D eigenvalue weighted by atomic mass is 10.0. The summed E-state index contributed by atoms with van der Waals surface area (Å²) in [5, 5.41) is 0. The maximum absolute atomic E-state index is 13.0. The summed E-state index contributed by atoms with van der Waals surface area (Å²) >= 11 is 0. The number of ketones is 1. The van der Waals surface area contributed by atoms with E-state index in [0.717, 1.165) is 12.8 Å². The van der Waals surface area contributed by atoms with E-state index in [0.29, 0.717) is 23.5 Å². The van der Waals surface area contributed by atoms with E-state index in [1.807, 2.05) is 32.0 Å². The number of amides is 1. The number of rotatable bonds is 6. The van der Waals surface area contributed by atoms with Crippen molar-refractivity contribution in [1.29, 1.82) is 0 Å². The fraction of sp³-hybridized carbons (Fsp3) is 0.364. The number of ether oxygens (including phenoxy) is 1. The van der Waals surface area contributed by atoms with Gasteiger partial charge in [-0.25, -0.2) is 0 Å². The molecule has 2 aromatic rings. The van der Waals surface area contributed by atoms with Crippen LogP contribution in [0.2, 0.25) is 0 Å². The Morgan fingerprint density at radius 1 is 1.15 bits per heavy atom. The fourth-order valence-corrected chi connectivity index (χ4v) is 3.24. The fourth-order valence-electron chi connectivity index (χ4n) is 3.24. The molecule has 2 aromatic carbocycles. The smallest absolute Gasteiger partial charge is 0.268 e. The first-order chi connectivity index (χ1) is 12.5. The van der Waals surface area contributed by atoms with Crippen LogP contribution in [-0.2, 0) is 11.2 Å². The molecular weight excluding hydrogens is 326 g/mol. The van der Waals surface area contributed by atoms with Crippen molar-refractivity contribution in [2.24, 2.45) is 5.92 Å². The zero-order chi connectivity index (χ0) is 18.7. The van der Waals surface area contributed by atoms with Crippen LogP contribution >= 0.6 is 0 Å². The van der Waals surface area contributed by atoms with E-state index in [9.17, 15) is 9.59 Å². The third kappa shape index (κ3) is 3.79. The second kappa shape index (κ2) is 7.73. The van der Waals surface area contributed by atoms with Gasteiger partial charge in [0.1, 0.15) is 5.75 Å². The predicted octanol–water partition coefficient (Wildman–Crippen LogP) is 4.27. The number of fused-ring (bicyclic) bond motifs is 1. The van der Waals surface area contributed by atoms with Crippen LogP contribution in [0.15, 0.2) is 48.5 Å². The molecule has 26 heavy (non-hydrogen) atoms. The van der Waals surface area contributed by atoms with E-state index < -0.39 is 6.10 Å². The van der Waals surface area contributed by atoms with Crippen LogP contribution in [0.5, 0.6) is 5.75 Å². The predicted molar refractivity (Wildman–Crippen MR) is 103 cm³/mol. The van der Waals surface area contributed by atoms with E-state index in [4.69, 9.17) is 4.74 Å². The minimum Gasteiger partial charge on any atom is -0.478 e. The summed E-state index contributed by atoms with van der Waals surface area (Å²) in [7, 11) is 0. The van der Waals surface area contributed by atoms with Crippen molar-refractivity contribution in [3.63, 3.8) is 0 Å². The van der Waals surface area contributed by atoms with Crippen LogP contribution < -0.4 is 9.64 Å². The highest BCUT2D eigenvalue weighted by Gasteiger charge is 2.36. The quantitative estimate of drug-likeness (QED) is 0.730. The van der Waals surface area contributed by atoms with E-state index in [-0.39, 0.29) is 17.6 Å². The Hall–Kier alpha value is -2.62. The lowest BCUT2D eigenvalue weighted by Gasteiger charge is -2.36. The molecule has 3 rings (SSSR count). The number of hydrogen-bond acceptors (Lipinski definition) is 3. The summed E-state index contributed by atoms with van der Waals surface area (Å²) in [6.07, 6.45) is 1.27. The van der Waals surface area contributed by atoms with Crippen LogP contribution in [0.3, 0.4) is 0 Å². The van der Waals surface area contributed by atoms with Crippen LogP contribution in [0.25, 0.3) is 0 Å². The molecule has 1 heterocycles. The van der Waals surface area contributed by atoms with E-state index in [2.05, 4.69) is 12.1 Å². The highest BCUT2D eigenvalue weighted by Crippen LogP contribution is 2.36. The van der Waals surface area contributed by atoms with Gasteiger partial charge in [0, 0.05) is 12.1 Å².